The minimum absolute atomic E-state index is 0.0549. The number of nitrogens with zero attached hydrogens (tertiary/aromatic N) is 2. The Kier molecular flexibility index (Phi) is 1.87. The van der Waals surface area contributed by atoms with E-state index in [1.165, 1.54) is 0 Å². The molecule has 0 aliphatic carbocycles. The summed E-state index contributed by atoms with van der Waals surface area (Å²) in [6.07, 6.45) is -3.26. The molecule has 1 aromatic rings. The number of hydrogen-bond acceptors (Lipinski definition) is 3. The van der Waals surface area contributed by atoms with E-state index >= 15 is 0 Å². The van der Waals surface area contributed by atoms with Crippen molar-refractivity contribution >= 4 is 11.5 Å². The molecule has 4 N–H and O–H groups in total. The lowest BCUT2D eigenvalue weighted by atomic mass is 10.5. The zero-order valence-corrected chi connectivity index (χ0v) is 5.97. The van der Waals surface area contributed by atoms with Crippen LogP contribution in [0, 0.1) is 0 Å². The maximum Gasteiger partial charge on any atom is 0.408 e. The minimum atomic E-state index is -4.30. The van der Waals surface area contributed by atoms with Gasteiger partial charge in [-0.2, -0.15) is 18.3 Å². The van der Waals surface area contributed by atoms with Gasteiger partial charge in [-0.05, 0) is 0 Å². The highest BCUT2D eigenvalue weighted by Gasteiger charge is 2.28. The second kappa shape index (κ2) is 2.58. The van der Waals surface area contributed by atoms with Crippen LogP contribution >= 0.6 is 0 Å². The van der Waals surface area contributed by atoms with Crippen LogP contribution in [-0.4, -0.2) is 16.0 Å². The molecule has 0 unspecified atom stereocenters. The van der Waals surface area contributed by atoms with Gasteiger partial charge in [0.05, 0.1) is 11.9 Å². The third-order valence-corrected chi connectivity index (χ3v) is 1.16. The molecule has 0 spiro atoms. The van der Waals surface area contributed by atoms with E-state index in [1.54, 1.807) is 0 Å². The predicted octanol–water partition coefficient (Wildman–Crippen LogP) is 0.610. The molecule has 1 aromatic heterocycles. The number of halogens is 3. The van der Waals surface area contributed by atoms with Gasteiger partial charge < -0.3 is 11.5 Å². The van der Waals surface area contributed by atoms with Crippen molar-refractivity contribution in [2.24, 2.45) is 0 Å². The van der Waals surface area contributed by atoms with Crippen LogP contribution in [0.15, 0.2) is 6.20 Å². The standard InChI is InChI=1S/C5H7F3N4/c6-5(7,8)2-12-1-3(9)4(10)11-12/h1H,2,9H2,(H2,10,11). The molecule has 0 fully saturated rings. The first-order chi connectivity index (χ1) is 5.38. The lowest BCUT2D eigenvalue weighted by Crippen LogP contribution is -2.18. The highest BCUT2D eigenvalue weighted by molar-refractivity contribution is 5.56. The van der Waals surface area contributed by atoms with Crippen molar-refractivity contribution in [1.29, 1.82) is 0 Å². The first kappa shape index (κ1) is 8.69. The average molecular weight is 180 g/mol. The third-order valence-electron chi connectivity index (χ3n) is 1.16. The lowest BCUT2D eigenvalue weighted by molar-refractivity contribution is -0.142. The van der Waals surface area contributed by atoms with Gasteiger partial charge in [0.25, 0.3) is 0 Å². The Morgan fingerprint density at radius 1 is 1.42 bits per heavy atom. The fraction of sp³-hybridized carbons (Fsp3) is 0.400. The van der Waals surface area contributed by atoms with E-state index in [2.05, 4.69) is 5.10 Å². The first-order valence-electron chi connectivity index (χ1n) is 3.03. The molecule has 7 heteroatoms. The van der Waals surface area contributed by atoms with E-state index in [-0.39, 0.29) is 11.5 Å². The maximum absolute atomic E-state index is 11.7. The Labute approximate surface area is 65.9 Å². The van der Waals surface area contributed by atoms with Crippen molar-refractivity contribution in [3.8, 4) is 0 Å². The second-order valence-electron chi connectivity index (χ2n) is 2.28. The summed E-state index contributed by atoms with van der Waals surface area (Å²) in [7, 11) is 0. The number of nitrogen functional groups attached to an aromatic ring is 2. The summed E-state index contributed by atoms with van der Waals surface area (Å²) in [6, 6.07) is 0. The fourth-order valence-corrected chi connectivity index (χ4v) is 0.716. The van der Waals surface area contributed by atoms with Crippen LogP contribution in [0.4, 0.5) is 24.7 Å². The number of alkyl halides is 3. The van der Waals surface area contributed by atoms with E-state index in [0.29, 0.717) is 4.68 Å². The molecule has 0 aliphatic heterocycles. The average Bonchev–Trinajstić information content (AvgIpc) is 2.07. The lowest BCUT2D eigenvalue weighted by Gasteiger charge is -2.04. The molecule has 0 amide bonds. The number of anilines is 2. The van der Waals surface area contributed by atoms with Crippen LogP contribution in [0.3, 0.4) is 0 Å². The number of nitrogens with two attached hydrogens (primary N) is 2. The quantitative estimate of drug-likeness (QED) is 0.665. The van der Waals surface area contributed by atoms with Crippen LogP contribution in [-0.2, 0) is 6.54 Å². The first-order valence-corrected chi connectivity index (χ1v) is 3.03. The van der Waals surface area contributed by atoms with Crippen molar-refractivity contribution in [2.75, 3.05) is 11.5 Å². The van der Waals surface area contributed by atoms with Gasteiger partial charge in [-0.15, -0.1) is 0 Å². The summed E-state index contributed by atoms with van der Waals surface area (Å²) >= 11 is 0. The van der Waals surface area contributed by atoms with E-state index < -0.39 is 12.7 Å². The van der Waals surface area contributed by atoms with Crippen molar-refractivity contribution < 1.29 is 13.2 Å². The molecule has 4 nitrogen and oxygen atoms in total. The smallest absolute Gasteiger partial charge is 0.394 e. The highest BCUT2D eigenvalue weighted by Crippen LogP contribution is 2.19. The topological polar surface area (TPSA) is 69.9 Å². The van der Waals surface area contributed by atoms with E-state index in [0.717, 1.165) is 6.20 Å². The summed E-state index contributed by atoms with van der Waals surface area (Å²) in [5, 5.41) is 3.35. The monoisotopic (exact) mass is 180 g/mol. The Bertz CT molecular complexity index is 257. The Morgan fingerprint density at radius 3 is 2.33 bits per heavy atom. The SMILES string of the molecule is Nc1cn(CC(F)(F)F)nc1N. The molecule has 0 bridgehead atoms. The molecular weight excluding hydrogens is 173 g/mol. The van der Waals surface area contributed by atoms with Crippen molar-refractivity contribution in [2.45, 2.75) is 12.7 Å². The Hall–Kier alpha value is -1.40. The molecule has 0 radical (unpaired) electrons. The van der Waals surface area contributed by atoms with Gasteiger partial charge in [0.15, 0.2) is 5.82 Å². The molecule has 12 heavy (non-hydrogen) atoms. The molecule has 0 saturated carbocycles. The van der Waals surface area contributed by atoms with Gasteiger partial charge in [-0.25, -0.2) is 0 Å². The van der Waals surface area contributed by atoms with Gasteiger partial charge in [0.1, 0.15) is 6.54 Å². The Balaban J connectivity index is 2.77. The van der Waals surface area contributed by atoms with Crippen LogP contribution in [0.25, 0.3) is 0 Å². The second-order valence-corrected chi connectivity index (χ2v) is 2.28. The number of aromatic nitrogens is 2. The highest BCUT2D eigenvalue weighted by atomic mass is 19.4. The molecule has 68 valence electrons. The van der Waals surface area contributed by atoms with Crippen molar-refractivity contribution in [3.05, 3.63) is 6.20 Å². The largest absolute Gasteiger partial charge is 0.408 e. The summed E-state index contributed by atoms with van der Waals surface area (Å²) in [5.74, 6) is -0.0840. The summed E-state index contributed by atoms with van der Waals surface area (Å²) in [6.45, 7) is -1.17. The number of hydrogen-bond donors (Lipinski definition) is 2. The molecule has 0 aliphatic rings. The molecule has 0 aromatic carbocycles. The molecule has 1 rings (SSSR count). The van der Waals surface area contributed by atoms with Gasteiger partial charge in [-0.3, -0.25) is 4.68 Å². The Morgan fingerprint density at radius 2 is 2.00 bits per heavy atom. The van der Waals surface area contributed by atoms with Gasteiger partial charge in [0, 0.05) is 0 Å². The van der Waals surface area contributed by atoms with E-state index in [9.17, 15) is 13.2 Å². The van der Waals surface area contributed by atoms with E-state index in [4.69, 9.17) is 11.5 Å². The molecule has 0 atom stereocenters. The van der Waals surface area contributed by atoms with Crippen LogP contribution in [0.1, 0.15) is 0 Å². The summed E-state index contributed by atoms with van der Waals surface area (Å²) < 4.78 is 35.9. The normalized spacial score (nSPS) is 11.9. The maximum atomic E-state index is 11.7. The molecule has 0 saturated heterocycles. The summed E-state index contributed by atoms with van der Waals surface area (Å²) in [5.41, 5.74) is 10.4. The van der Waals surface area contributed by atoms with Crippen LogP contribution < -0.4 is 11.5 Å². The van der Waals surface area contributed by atoms with Gasteiger partial charge in [0.2, 0.25) is 0 Å². The minimum Gasteiger partial charge on any atom is -0.394 e. The zero-order chi connectivity index (χ0) is 9.35. The van der Waals surface area contributed by atoms with Crippen LogP contribution in [0.5, 0.6) is 0 Å². The van der Waals surface area contributed by atoms with Crippen molar-refractivity contribution in [3.63, 3.8) is 0 Å². The van der Waals surface area contributed by atoms with E-state index in [1.807, 2.05) is 0 Å². The molecule has 1 heterocycles. The third kappa shape index (κ3) is 2.04. The zero-order valence-electron chi connectivity index (χ0n) is 5.97. The van der Waals surface area contributed by atoms with Gasteiger partial charge in [-0.1, -0.05) is 0 Å². The number of rotatable bonds is 1. The van der Waals surface area contributed by atoms with Crippen molar-refractivity contribution in [1.82, 2.24) is 9.78 Å². The molecular formula is C5H7F3N4. The predicted molar refractivity (Wildman–Crippen MR) is 37.1 cm³/mol. The fourth-order valence-electron chi connectivity index (χ4n) is 0.716. The van der Waals surface area contributed by atoms with Crippen LogP contribution in [0.2, 0.25) is 0 Å². The summed E-state index contributed by atoms with van der Waals surface area (Å²) in [4.78, 5) is 0. The van der Waals surface area contributed by atoms with Gasteiger partial charge >= 0.3 is 6.18 Å².